The molecular formula is C13H10ClNO2. The molecule has 0 fully saturated rings. The van der Waals surface area contributed by atoms with Gasteiger partial charge in [0.05, 0.1) is 12.1 Å². The second kappa shape index (κ2) is 4.97. The van der Waals surface area contributed by atoms with Crippen molar-refractivity contribution in [2.45, 2.75) is 0 Å². The summed E-state index contributed by atoms with van der Waals surface area (Å²) < 4.78 is 5.05. The summed E-state index contributed by atoms with van der Waals surface area (Å²) >= 11 is 5.97. The molecule has 0 N–H and O–H groups in total. The topological polar surface area (TPSA) is 39.2 Å². The van der Waals surface area contributed by atoms with E-state index in [0.717, 1.165) is 17.4 Å². The molecule has 0 bridgehead atoms. The number of ether oxygens (including phenoxy) is 1. The number of nitrogens with zero attached hydrogens (tertiary/aromatic N) is 1. The molecule has 1 aromatic carbocycles. The van der Waals surface area contributed by atoms with Crippen molar-refractivity contribution in [3.8, 4) is 17.0 Å². The van der Waals surface area contributed by atoms with Gasteiger partial charge in [0.1, 0.15) is 0 Å². The molecule has 4 heteroatoms. The van der Waals surface area contributed by atoms with Crippen LogP contribution in [0.2, 0.25) is 5.02 Å². The summed E-state index contributed by atoms with van der Waals surface area (Å²) in [5.41, 5.74) is 2.34. The van der Waals surface area contributed by atoms with Gasteiger partial charge < -0.3 is 4.74 Å². The fraction of sp³-hybridized carbons (Fsp3) is 0.0769. The number of benzene rings is 1. The molecule has 0 saturated carbocycles. The van der Waals surface area contributed by atoms with Crippen LogP contribution in [-0.4, -0.2) is 18.4 Å². The minimum Gasteiger partial charge on any atom is -0.481 e. The molecule has 2 aromatic rings. The third-order valence-corrected chi connectivity index (χ3v) is 2.73. The molecule has 0 amide bonds. The maximum absolute atomic E-state index is 10.7. The molecule has 2 rings (SSSR count). The van der Waals surface area contributed by atoms with E-state index in [9.17, 15) is 4.79 Å². The lowest BCUT2D eigenvalue weighted by molar-refractivity contribution is 0.112. The van der Waals surface area contributed by atoms with Crippen LogP contribution in [0, 0.1) is 0 Å². The molecule has 0 aliphatic heterocycles. The molecule has 1 aromatic heterocycles. The number of carbonyl (C=O) groups excluding carboxylic acids is 1. The van der Waals surface area contributed by atoms with Crippen molar-refractivity contribution in [2.75, 3.05) is 7.11 Å². The predicted octanol–water partition coefficient (Wildman–Crippen LogP) is 3.22. The van der Waals surface area contributed by atoms with E-state index in [2.05, 4.69) is 4.98 Å². The Labute approximate surface area is 104 Å². The number of hydrogen-bond acceptors (Lipinski definition) is 3. The van der Waals surface area contributed by atoms with Crippen LogP contribution in [-0.2, 0) is 0 Å². The summed E-state index contributed by atoms with van der Waals surface area (Å²) in [6.07, 6.45) is 2.40. The van der Waals surface area contributed by atoms with Crippen molar-refractivity contribution >= 4 is 17.9 Å². The Morgan fingerprint density at radius 2 is 2.00 bits per heavy atom. The van der Waals surface area contributed by atoms with Crippen LogP contribution in [0.3, 0.4) is 0 Å². The molecule has 0 spiro atoms. The quantitative estimate of drug-likeness (QED) is 0.782. The van der Waals surface area contributed by atoms with Gasteiger partial charge in [0.15, 0.2) is 6.29 Å². The second-order valence-electron chi connectivity index (χ2n) is 3.44. The molecule has 0 saturated heterocycles. The van der Waals surface area contributed by atoms with Crippen LogP contribution in [0.5, 0.6) is 5.88 Å². The predicted molar refractivity (Wildman–Crippen MR) is 66.6 cm³/mol. The van der Waals surface area contributed by atoms with Gasteiger partial charge in [0.2, 0.25) is 5.88 Å². The lowest BCUT2D eigenvalue weighted by Crippen LogP contribution is -1.88. The van der Waals surface area contributed by atoms with Crippen LogP contribution in [0.4, 0.5) is 0 Å². The Balaban J connectivity index is 2.45. The smallest absolute Gasteiger partial charge is 0.213 e. The van der Waals surface area contributed by atoms with E-state index in [-0.39, 0.29) is 0 Å². The van der Waals surface area contributed by atoms with Crippen molar-refractivity contribution in [2.24, 2.45) is 0 Å². The normalized spacial score (nSPS) is 10.0. The van der Waals surface area contributed by atoms with Gasteiger partial charge in [-0.2, -0.15) is 0 Å². The third kappa shape index (κ3) is 2.45. The SMILES string of the molecule is COc1cc(-c2ccc(C=O)c(Cl)c2)ccn1. The van der Waals surface area contributed by atoms with Crippen LogP contribution in [0.15, 0.2) is 36.5 Å². The Morgan fingerprint density at radius 1 is 1.24 bits per heavy atom. The van der Waals surface area contributed by atoms with Gasteiger partial charge in [0.25, 0.3) is 0 Å². The van der Waals surface area contributed by atoms with Crippen molar-refractivity contribution in [1.82, 2.24) is 4.98 Å². The van der Waals surface area contributed by atoms with Crippen molar-refractivity contribution in [3.05, 3.63) is 47.1 Å². The summed E-state index contributed by atoms with van der Waals surface area (Å²) in [5.74, 6) is 0.540. The lowest BCUT2D eigenvalue weighted by Gasteiger charge is -2.05. The molecule has 86 valence electrons. The summed E-state index contributed by atoms with van der Waals surface area (Å²) in [6.45, 7) is 0. The molecule has 0 aliphatic rings. The Kier molecular flexibility index (Phi) is 3.40. The van der Waals surface area contributed by atoms with E-state index < -0.39 is 0 Å². The highest BCUT2D eigenvalue weighted by Gasteiger charge is 2.04. The highest BCUT2D eigenvalue weighted by Crippen LogP contribution is 2.26. The van der Waals surface area contributed by atoms with Gasteiger partial charge in [-0.15, -0.1) is 0 Å². The van der Waals surface area contributed by atoms with Gasteiger partial charge in [-0.05, 0) is 29.3 Å². The fourth-order valence-electron chi connectivity index (χ4n) is 1.50. The zero-order chi connectivity index (χ0) is 12.3. The maximum Gasteiger partial charge on any atom is 0.213 e. The zero-order valence-electron chi connectivity index (χ0n) is 9.18. The minimum atomic E-state index is 0.438. The van der Waals surface area contributed by atoms with Gasteiger partial charge in [-0.1, -0.05) is 17.7 Å². The van der Waals surface area contributed by atoms with E-state index in [1.807, 2.05) is 18.2 Å². The molecule has 0 radical (unpaired) electrons. The highest BCUT2D eigenvalue weighted by atomic mass is 35.5. The number of aromatic nitrogens is 1. The van der Waals surface area contributed by atoms with E-state index in [1.54, 1.807) is 25.4 Å². The van der Waals surface area contributed by atoms with Gasteiger partial charge >= 0.3 is 0 Å². The monoisotopic (exact) mass is 247 g/mol. The van der Waals surface area contributed by atoms with Crippen molar-refractivity contribution in [1.29, 1.82) is 0 Å². The van der Waals surface area contributed by atoms with Gasteiger partial charge in [-0.25, -0.2) is 4.98 Å². The largest absolute Gasteiger partial charge is 0.481 e. The minimum absolute atomic E-state index is 0.438. The van der Waals surface area contributed by atoms with Crippen LogP contribution in [0.25, 0.3) is 11.1 Å². The number of rotatable bonds is 3. The molecule has 0 aliphatic carbocycles. The molecule has 0 unspecified atom stereocenters. The Hall–Kier alpha value is -1.87. The first kappa shape index (κ1) is 11.6. The zero-order valence-corrected chi connectivity index (χ0v) is 9.94. The first-order valence-electron chi connectivity index (χ1n) is 4.99. The van der Waals surface area contributed by atoms with E-state index >= 15 is 0 Å². The number of hydrogen-bond donors (Lipinski definition) is 0. The van der Waals surface area contributed by atoms with Crippen molar-refractivity contribution < 1.29 is 9.53 Å². The average Bonchev–Trinajstić information content (AvgIpc) is 2.38. The summed E-state index contributed by atoms with van der Waals surface area (Å²) in [6, 6.07) is 8.95. The molecule has 17 heavy (non-hydrogen) atoms. The number of pyridine rings is 1. The van der Waals surface area contributed by atoms with Crippen LogP contribution < -0.4 is 4.74 Å². The van der Waals surface area contributed by atoms with Crippen LogP contribution in [0.1, 0.15) is 10.4 Å². The molecule has 1 heterocycles. The van der Waals surface area contributed by atoms with E-state index in [0.29, 0.717) is 16.5 Å². The first-order chi connectivity index (χ1) is 8.24. The second-order valence-corrected chi connectivity index (χ2v) is 3.85. The van der Waals surface area contributed by atoms with E-state index in [1.165, 1.54) is 0 Å². The number of aldehydes is 1. The van der Waals surface area contributed by atoms with Gasteiger partial charge in [0, 0.05) is 17.8 Å². The number of methoxy groups -OCH3 is 1. The van der Waals surface area contributed by atoms with Gasteiger partial charge in [-0.3, -0.25) is 4.79 Å². The lowest BCUT2D eigenvalue weighted by atomic mass is 10.1. The number of halogens is 1. The fourth-order valence-corrected chi connectivity index (χ4v) is 1.73. The molecule has 3 nitrogen and oxygen atoms in total. The molecule has 0 atom stereocenters. The van der Waals surface area contributed by atoms with E-state index in [4.69, 9.17) is 16.3 Å². The molecular weight excluding hydrogens is 238 g/mol. The standard InChI is InChI=1S/C13H10ClNO2/c1-17-13-7-10(4-5-15-13)9-2-3-11(8-16)12(14)6-9/h2-8H,1H3. The maximum atomic E-state index is 10.7. The third-order valence-electron chi connectivity index (χ3n) is 2.40. The Bertz CT molecular complexity index is 555. The summed E-state index contributed by atoms with van der Waals surface area (Å²) in [4.78, 5) is 14.7. The highest BCUT2D eigenvalue weighted by molar-refractivity contribution is 6.33. The first-order valence-corrected chi connectivity index (χ1v) is 5.37. The average molecular weight is 248 g/mol. The number of carbonyl (C=O) groups is 1. The van der Waals surface area contributed by atoms with Crippen molar-refractivity contribution in [3.63, 3.8) is 0 Å². The van der Waals surface area contributed by atoms with Crippen LogP contribution >= 0.6 is 11.6 Å². The summed E-state index contributed by atoms with van der Waals surface area (Å²) in [7, 11) is 1.56. The summed E-state index contributed by atoms with van der Waals surface area (Å²) in [5, 5.41) is 0.438. The Morgan fingerprint density at radius 3 is 2.65 bits per heavy atom.